The van der Waals surface area contributed by atoms with Crippen LogP contribution in [0.1, 0.15) is 32.6 Å². The van der Waals surface area contributed by atoms with Crippen LogP contribution in [0.3, 0.4) is 0 Å². The zero-order valence-corrected chi connectivity index (χ0v) is 14.7. The van der Waals surface area contributed by atoms with E-state index in [2.05, 4.69) is 10.3 Å². The monoisotopic (exact) mass is 351 g/mol. The van der Waals surface area contributed by atoms with Crippen LogP contribution in [-0.2, 0) is 4.79 Å². The van der Waals surface area contributed by atoms with Crippen LogP contribution in [0.5, 0.6) is 0 Å². The van der Waals surface area contributed by atoms with Crippen molar-refractivity contribution < 1.29 is 4.79 Å². The molecule has 2 rings (SSSR count). The Hall–Kier alpha value is -0.490. The molecule has 2 atom stereocenters. The Bertz CT molecular complexity index is 454. The van der Waals surface area contributed by atoms with Crippen molar-refractivity contribution in [3.63, 3.8) is 0 Å². The first-order valence-electron chi connectivity index (χ1n) is 6.63. The minimum atomic E-state index is -0.401. The van der Waals surface area contributed by atoms with Gasteiger partial charge in [0.25, 0.3) is 0 Å². The van der Waals surface area contributed by atoms with E-state index in [1.165, 1.54) is 0 Å². The van der Waals surface area contributed by atoms with E-state index in [0.717, 1.165) is 30.6 Å². The van der Waals surface area contributed by atoms with E-state index < -0.39 is 5.54 Å². The maximum Gasteiger partial charge on any atom is 0.230 e. The van der Waals surface area contributed by atoms with Gasteiger partial charge in [-0.25, -0.2) is 4.98 Å². The lowest BCUT2D eigenvalue weighted by Crippen LogP contribution is -2.51. The lowest BCUT2D eigenvalue weighted by atomic mass is 9.74. The number of halogens is 2. The molecule has 1 fully saturated rings. The summed E-state index contributed by atoms with van der Waals surface area (Å²) in [4.78, 5) is 17.6. The number of aromatic nitrogens is 1. The van der Waals surface area contributed by atoms with Gasteiger partial charge in [0.2, 0.25) is 5.91 Å². The molecule has 4 nitrogen and oxygen atoms in total. The molecule has 21 heavy (non-hydrogen) atoms. The molecule has 0 spiro atoms. The molecular weight excluding hydrogens is 329 g/mol. The minimum absolute atomic E-state index is 0. The summed E-state index contributed by atoms with van der Waals surface area (Å²) in [5.74, 6) is 0.474. The number of hydrogen-bond donors (Lipinski definition) is 2. The van der Waals surface area contributed by atoms with Gasteiger partial charge in [0.1, 0.15) is 5.82 Å². The number of carbonyl (C=O) groups is 1. The van der Waals surface area contributed by atoms with Gasteiger partial charge in [0.05, 0.1) is 5.92 Å². The first kappa shape index (κ1) is 20.5. The number of anilines is 1. The van der Waals surface area contributed by atoms with E-state index in [1.54, 1.807) is 18.0 Å². The van der Waals surface area contributed by atoms with Crippen molar-refractivity contribution in [2.24, 2.45) is 11.7 Å². The molecule has 120 valence electrons. The molecular formula is C14H23Cl2N3OS. The van der Waals surface area contributed by atoms with Gasteiger partial charge in [-0.3, -0.25) is 4.79 Å². The molecule has 7 heteroatoms. The van der Waals surface area contributed by atoms with Gasteiger partial charge < -0.3 is 11.1 Å². The predicted molar refractivity (Wildman–Crippen MR) is 93.7 cm³/mol. The summed E-state index contributed by atoms with van der Waals surface area (Å²) in [6.07, 6.45) is 7.72. The van der Waals surface area contributed by atoms with Crippen molar-refractivity contribution in [3.8, 4) is 0 Å². The van der Waals surface area contributed by atoms with Crippen molar-refractivity contribution in [2.45, 2.75) is 43.0 Å². The summed E-state index contributed by atoms with van der Waals surface area (Å²) >= 11 is 1.63. The predicted octanol–water partition coefficient (Wildman–Crippen LogP) is 3.49. The summed E-state index contributed by atoms with van der Waals surface area (Å²) in [6.45, 7) is 1.97. The van der Waals surface area contributed by atoms with Crippen LogP contribution in [0.4, 0.5) is 5.82 Å². The summed E-state index contributed by atoms with van der Waals surface area (Å²) < 4.78 is 0. The minimum Gasteiger partial charge on any atom is -0.325 e. The lowest BCUT2D eigenvalue weighted by Gasteiger charge is -2.37. The van der Waals surface area contributed by atoms with Crippen LogP contribution in [0.2, 0.25) is 0 Å². The zero-order valence-electron chi connectivity index (χ0n) is 12.3. The third kappa shape index (κ3) is 5.33. The van der Waals surface area contributed by atoms with Gasteiger partial charge in [-0.1, -0.05) is 12.8 Å². The van der Waals surface area contributed by atoms with Crippen LogP contribution in [-0.4, -0.2) is 22.7 Å². The molecule has 0 bridgehead atoms. The Labute approximate surface area is 142 Å². The fraction of sp³-hybridized carbons (Fsp3) is 0.571. The van der Waals surface area contributed by atoms with E-state index in [4.69, 9.17) is 5.73 Å². The fourth-order valence-corrected chi connectivity index (χ4v) is 2.94. The quantitative estimate of drug-likeness (QED) is 0.817. The molecule has 2 unspecified atom stereocenters. The summed E-state index contributed by atoms with van der Waals surface area (Å²) in [7, 11) is 0. The Kier molecular flexibility index (Phi) is 8.63. The number of rotatable bonds is 3. The standard InChI is InChI=1S/C14H21N3OS.2ClH/c1-14(15)8-4-3-5-11(14)13(18)17-12-7-6-10(19-2)9-16-12;;/h6-7,9,11H,3-5,8,15H2,1-2H3,(H,16,17,18);2*1H. The van der Waals surface area contributed by atoms with Crippen molar-refractivity contribution in [1.82, 2.24) is 4.98 Å². The third-order valence-corrected chi connectivity index (χ3v) is 4.51. The zero-order chi connectivity index (χ0) is 13.9. The van der Waals surface area contributed by atoms with Crippen LogP contribution < -0.4 is 11.1 Å². The number of carbonyl (C=O) groups excluding carboxylic acids is 1. The first-order chi connectivity index (χ1) is 9.03. The number of nitrogens with zero attached hydrogens (tertiary/aromatic N) is 1. The Morgan fingerprint density at radius 2 is 2.14 bits per heavy atom. The topological polar surface area (TPSA) is 68.0 Å². The molecule has 1 aromatic rings. The third-order valence-electron chi connectivity index (χ3n) is 3.79. The molecule has 0 saturated heterocycles. The van der Waals surface area contributed by atoms with Gasteiger partial charge in [0.15, 0.2) is 0 Å². The Balaban J connectivity index is 0.00000200. The van der Waals surface area contributed by atoms with Gasteiger partial charge in [0, 0.05) is 16.6 Å². The maximum absolute atomic E-state index is 12.3. The number of pyridine rings is 1. The van der Waals surface area contributed by atoms with Gasteiger partial charge in [-0.05, 0) is 38.2 Å². The van der Waals surface area contributed by atoms with Crippen LogP contribution in [0.15, 0.2) is 23.2 Å². The molecule has 1 heterocycles. The second kappa shape index (κ2) is 8.83. The molecule has 1 aliphatic rings. The van der Waals surface area contributed by atoms with E-state index in [9.17, 15) is 4.79 Å². The molecule has 3 N–H and O–H groups in total. The fourth-order valence-electron chi connectivity index (χ4n) is 2.58. The first-order valence-corrected chi connectivity index (χ1v) is 7.85. The number of thioether (sulfide) groups is 1. The summed E-state index contributed by atoms with van der Waals surface area (Å²) in [6, 6.07) is 3.79. The number of amides is 1. The normalized spacial score (nSPS) is 24.4. The van der Waals surface area contributed by atoms with Crippen molar-refractivity contribution in [1.29, 1.82) is 0 Å². The van der Waals surface area contributed by atoms with Gasteiger partial charge in [-0.2, -0.15) is 0 Å². The van der Waals surface area contributed by atoms with Crippen molar-refractivity contribution >= 4 is 48.3 Å². The van der Waals surface area contributed by atoms with E-state index in [1.807, 2.05) is 25.3 Å². The molecule has 1 saturated carbocycles. The SMILES string of the molecule is CSc1ccc(NC(=O)C2CCCCC2(C)N)nc1.Cl.Cl. The highest BCUT2D eigenvalue weighted by Crippen LogP contribution is 2.32. The molecule has 1 amide bonds. The molecule has 0 aliphatic heterocycles. The Morgan fingerprint density at radius 1 is 1.43 bits per heavy atom. The maximum atomic E-state index is 12.3. The highest BCUT2D eigenvalue weighted by Gasteiger charge is 2.37. The number of hydrogen-bond acceptors (Lipinski definition) is 4. The highest BCUT2D eigenvalue weighted by atomic mass is 35.5. The molecule has 1 aromatic heterocycles. The van der Waals surface area contributed by atoms with Crippen LogP contribution in [0.25, 0.3) is 0 Å². The summed E-state index contributed by atoms with van der Waals surface area (Å²) in [5.41, 5.74) is 5.84. The van der Waals surface area contributed by atoms with Gasteiger partial charge in [-0.15, -0.1) is 36.6 Å². The lowest BCUT2D eigenvalue weighted by molar-refractivity contribution is -0.122. The van der Waals surface area contributed by atoms with E-state index in [-0.39, 0.29) is 36.6 Å². The van der Waals surface area contributed by atoms with Crippen molar-refractivity contribution in [2.75, 3.05) is 11.6 Å². The molecule has 1 aliphatic carbocycles. The summed E-state index contributed by atoms with van der Waals surface area (Å²) in [5, 5.41) is 2.88. The second-order valence-corrected chi connectivity index (χ2v) is 6.26. The van der Waals surface area contributed by atoms with Gasteiger partial charge >= 0.3 is 0 Å². The van der Waals surface area contributed by atoms with Crippen LogP contribution >= 0.6 is 36.6 Å². The number of nitrogens with two attached hydrogens (primary N) is 1. The number of nitrogens with one attached hydrogen (secondary N) is 1. The van der Waals surface area contributed by atoms with E-state index in [0.29, 0.717) is 5.82 Å². The average molecular weight is 352 g/mol. The van der Waals surface area contributed by atoms with E-state index >= 15 is 0 Å². The Morgan fingerprint density at radius 3 is 2.67 bits per heavy atom. The average Bonchev–Trinajstić information content (AvgIpc) is 2.39. The highest BCUT2D eigenvalue weighted by molar-refractivity contribution is 7.98. The second-order valence-electron chi connectivity index (χ2n) is 5.38. The smallest absolute Gasteiger partial charge is 0.230 e. The van der Waals surface area contributed by atoms with Crippen LogP contribution in [0, 0.1) is 5.92 Å². The molecule has 0 radical (unpaired) electrons. The van der Waals surface area contributed by atoms with Crippen molar-refractivity contribution in [3.05, 3.63) is 18.3 Å². The molecule has 0 aromatic carbocycles. The largest absolute Gasteiger partial charge is 0.325 e.